The number of fused-ring (bicyclic) bond motifs is 10. The van der Waals surface area contributed by atoms with Crippen LogP contribution in [0.3, 0.4) is 0 Å². The maximum Gasteiger partial charge on any atom is 0.160 e. The zero-order chi connectivity index (χ0) is 33.5. The molecule has 5 heteroatoms. The molecule has 4 aromatic heterocycles. The van der Waals surface area contributed by atoms with Crippen molar-refractivity contribution in [1.82, 2.24) is 19.1 Å². The molecular weight excluding hydrogens is 641 g/mol. The summed E-state index contributed by atoms with van der Waals surface area (Å²) in [7, 11) is 0. The topological polar surface area (TPSA) is 35.6 Å². The molecule has 0 radical (unpaired) electrons. The van der Waals surface area contributed by atoms with E-state index >= 15 is 0 Å². The monoisotopic (exact) mass is 668 g/mol. The van der Waals surface area contributed by atoms with Gasteiger partial charge in [0, 0.05) is 48.4 Å². The van der Waals surface area contributed by atoms with Crippen LogP contribution >= 0.6 is 11.3 Å². The Morgan fingerprint density at radius 1 is 0.431 bits per heavy atom. The van der Waals surface area contributed by atoms with Crippen LogP contribution in [0.15, 0.2) is 170 Å². The Hall–Kier alpha value is -6.56. The number of benzene rings is 7. The van der Waals surface area contributed by atoms with E-state index in [1.165, 1.54) is 42.8 Å². The van der Waals surface area contributed by atoms with Gasteiger partial charge in [0.15, 0.2) is 5.82 Å². The fourth-order valence-electron chi connectivity index (χ4n) is 7.95. The van der Waals surface area contributed by atoms with Crippen LogP contribution in [0.5, 0.6) is 0 Å². The predicted octanol–water partition coefficient (Wildman–Crippen LogP) is 12.4. The minimum Gasteiger partial charge on any atom is -0.307 e. The van der Waals surface area contributed by atoms with Crippen molar-refractivity contribution in [2.75, 3.05) is 0 Å². The minimum atomic E-state index is 0.727. The Bertz CT molecular complexity index is 3130. The molecule has 0 saturated carbocycles. The van der Waals surface area contributed by atoms with Crippen molar-refractivity contribution in [2.45, 2.75) is 0 Å². The molecule has 0 aliphatic rings. The zero-order valence-electron chi connectivity index (χ0n) is 27.4. The Morgan fingerprint density at radius 3 is 1.75 bits per heavy atom. The number of hydrogen-bond acceptors (Lipinski definition) is 3. The maximum atomic E-state index is 5.41. The molecule has 0 aliphatic heterocycles. The summed E-state index contributed by atoms with van der Waals surface area (Å²) in [4.78, 5) is 10.6. The average molecular weight is 669 g/mol. The summed E-state index contributed by atoms with van der Waals surface area (Å²) in [6.45, 7) is 0. The lowest BCUT2D eigenvalue weighted by Gasteiger charge is -2.16. The molecule has 4 nitrogen and oxygen atoms in total. The molecule has 0 N–H and O–H groups in total. The third-order valence-corrected chi connectivity index (χ3v) is 11.3. The SMILES string of the molecule is c1ccc(-c2nc(-c3ccccc3-n3c4ccccc4c4ccc5c6ccccc6n(-c6ccccc6)c5c43)c3sc4ccccc4c3n2)cc1. The number of hydrogen-bond donors (Lipinski definition) is 0. The molecule has 51 heavy (non-hydrogen) atoms. The van der Waals surface area contributed by atoms with Crippen LogP contribution in [-0.4, -0.2) is 19.1 Å². The van der Waals surface area contributed by atoms with Gasteiger partial charge in [-0.05, 0) is 36.4 Å². The minimum absolute atomic E-state index is 0.727. The summed E-state index contributed by atoms with van der Waals surface area (Å²) in [5, 5.41) is 6.05. The molecule has 7 aromatic carbocycles. The Labute approximate surface area is 297 Å². The first-order valence-corrected chi connectivity index (χ1v) is 18.0. The molecule has 0 atom stereocenters. The van der Waals surface area contributed by atoms with Crippen LogP contribution in [-0.2, 0) is 0 Å². The number of nitrogens with zero attached hydrogens (tertiary/aromatic N) is 4. The molecule has 0 spiro atoms. The first kappa shape index (κ1) is 28.3. The number of para-hydroxylation sites is 4. The van der Waals surface area contributed by atoms with Crippen LogP contribution in [0, 0.1) is 0 Å². The second-order valence-corrected chi connectivity index (χ2v) is 14.0. The highest BCUT2D eigenvalue weighted by atomic mass is 32.1. The fraction of sp³-hybridized carbons (Fsp3) is 0. The summed E-state index contributed by atoms with van der Waals surface area (Å²) in [6, 6.07) is 60.5. The van der Waals surface area contributed by atoms with Crippen molar-refractivity contribution in [3.8, 4) is 34.0 Å². The Kier molecular flexibility index (Phi) is 6.09. The molecule has 0 aliphatic carbocycles. The van der Waals surface area contributed by atoms with Gasteiger partial charge in [-0.15, -0.1) is 11.3 Å². The van der Waals surface area contributed by atoms with E-state index in [4.69, 9.17) is 9.97 Å². The summed E-state index contributed by atoms with van der Waals surface area (Å²) in [6.07, 6.45) is 0. The van der Waals surface area contributed by atoms with Crippen LogP contribution in [0.2, 0.25) is 0 Å². The van der Waals surface area contributed by atoms with Gasteiger partial charge in [-0.3, -0.25) is 0 Å². The Balaban J connectivity index is 1.31. The van der Waals surface area contributed by atoms with Crippen LogP contribution in [0.4, 0.5) is 0 Å². The highest BCUT2D eigenvalue weighted by Crippen LogP contribution is 2.45. The lowest BCUT2D eigenvalue weighted by molar-refractivity contribution is 1.14. The van der Waals surface area contributed by atoms with Crippen molar-refractivity contribution in [1.29, 1.82) is 0 Å². The van der Waals surface area contributed by atoms with Crippen molar-refractivity contribution in [2.24, 2.45) is 0 Å². The van der Waals surface area contributed by atoms with E-state index < -0.39 is 0 Å². The van der Waals surface area contributed by atoms with Gasteiger partial charge in [0.05, 0.1) is 43.7 Å². The molecule has 0 bridgehead atoms. The molecule has 11 aromatic rings. The molecule has 0 unspecified atom stereocenters. The first-order valence-electron chi connectivity index (χ1n) is 17.2. The highest BCUT2D eigenvalue weighted by molar-refractivity contribution is 7.26. The lowest BCUT2D eigenvalue weighted by atomic mass is 10.1. The maximum absolute atomic E-state index is 5.41. The van der Waals surface area contributed by atoms with Gasteiger partial charge in [0.25, 0.3) is 0 Å². The normalized spacial score (nSPS) is 11.9. The van der Waals surface area contributed by atoms with Crippen molar-refractivity contribution in [3.63, 3.8) is 0 Å². The van der Waals surface area contributed by atoms with Gasteiger partial charge in [0.2, 0.25) is 0 Å². The van der Waals surface area contributed by atoms with Gasteiger partial charge in [-0.1, -0.05) is 133 Å². The zero-order valence-corrected chi connectivity index (χ0v) is 28.2. The second kappa shape index (κ2) is 11.0. The molecule has 0 amide bonds. The lowest BCUT2D eigenvalue weighted by Crippen LogP contribution is -2.01. The summed E-state index contributed by atoms with van der Waals surface area (Å²) >= 11 is 1.77. The summed E-state index contributed by atoms with van der Waals surface area (Å²) in [5.41, 5.74) is 10.9. The standard InChI is InChI=1S/C46H28N4S/c1-3-15-29(16-4-1)46-47-41(45-42(48-46)36-22-10-14-26-40(36)51-45)35-21-9-13-25-39(35)50-38-24-12-8-20-32(38)34-28-27-33-31-19-7-11-23-37(31)49(43(33)44(34)50)30-17-5-2-6-18-30/h1-28H. The first-order chi connectivity index (χ1) is 25.3. The van der Waals surface area contributed by atoms with E-state index in [1.54, 1.807) is 11.3 Å². The fourth-order valence-corrected chi connectivity index (χ4v) is 9.10. The summed E-state index contributed by atoms with van der Waals surface area (Å²) < 4.78 is 7.21. The van der Waals surface area contributed by atoms with E-state index in [2.05, 4.69) is 173 Å². The third kappa shape index (κ3) is 4.13. The highest BCUT2D eigenvalue weighted by Gasteiger charge is 2.24. The van der Waals surface area contributed by atoms with Crippen molar-refractivity contribution < 1.29 is 0 Å². The van der Waals surface area contributed by atoms with E-state index in [0.29, 0.717) is 0 Å². The van der Waals surface area contributed by atoms with E-state index in [0.717, 1.165) is 55.1 Å². The van der Waals surface area contributed by atoms with Gasteiger partial charge in [-0.2, -0.15) is 0 Å². The van der Waals surface area contributed by atoms with Crippen LogP contribution in [0.1, 0.15) is 0 Å². The molecule has 238 valence electrons. The Morgan fingerprint density at radius 2 is 1.00 bits per heavy atom. The molecule has 0 fully saturated rings. The molecule has 11 rings (SSSR count). The quantitative estimate of drug-likeness (QED) is 0.187. The largest absolute Gasteiger partial charge is 0.307 e. The van der Waals surface area contributed by atoms with Gasteiger partial charge < -0.3 is 9.13 Å². The third-order valence-electron chi connectivity index (χ3n) is 10.1. The number of thiophene rings is 1. The average Bonchev–Trinajstić information content (AvgIpc) is 3.86. The number of aromatic nitrogens is 4. The van der Waals surface area contributed by atoms with E-state index in [-0.39, 0.29) is 0 Å². The van der Waals surface area contributed by atoms with Gasteiger partial charge in [0.1, 0.15) is 0 Å². The van der Waals surface area contributed by atoms with Gasteiger partial charge >= 0.3 is 0 Å². The second-order valence-electron chi connectivity index (χ2n) is 13.0. The number of rotatable bonds is 4. The van der Waals surface area contributed by atoms with Crippen LogP contribution in [0.25, 0.3) is 97.9 Å². The molecule has 4 heterocycles. The van der Waals surface area contributed by atoms with Crippen molar-refractivity contribution in [3.05, 3.63) is 170 Å². The van der Waals surface area contributed by atoms with Gasteiger partial charge in [-0.25, -0.2) is 9.97 Å². The predicted molar refractivity (Wildman–Crippen MR) is 214 cm³/mol. The molecule has 0 saturated heterocycles. The van der Waals surface area contributed by atoms with Crippen molar-refractivity contribution >= 4 is 75.3 Å². The van der Waals surface area contributed by atoms with E-state index in [9.17, 15) is 0 Å². The van der Waals surface area contributed by atoms with Crippen LogP contribution < -0.4 is 0 Å². The van der Waals surface area contributed by atoms with E-state index in [1.807, 2.05) is 6.07 Å². The smallest absolute Gasteiger partial charge is 0.160 e. The summed E-state index contributed by atoms with van der Waals surface area (Å²) in [5.74, 6) is 0.727. The molecular formula is C46H28N4S.